The van der Waals surface area contributed by atoms with Crippen LogP contribution < -0.4 is 5.32 Å². The Hall–Kier alpha value is -2.34. The number of halogens is 1. The highest BCUT2D eigenvalue weighted by Gasteiger charge is 2.19. The largest absolute Gasteiger partial charge is 0.345 e. The number of aryl methyl sites for hydroxylation is 1. The van der Waals surface area contributed by atoms with Crippen LogP contribution in [-0.4, -0.2) is 45.7 Å². The van der Waals surface area contributed by atoms with Crippen molar-refractivity contribution < 1.29 is 0 Å². The van der Waals surface area contributed by atoms with E-state index in [9.17, 15) is 0 Å². The minimum atomic E-state index is 0.737. The quantitative estimate of drug-likeness (QED) is 0.281. The molecule has 2 aromatic carbocycles. The number of hydrogen-bond acceptors (Lipinski definition) is 2. The third-order valence-corrected chi connectivity index (χ3v) is 7.88. The fraction of sp³-hybridized carbons (Fsp3) is 0.433. The molecule has 6 heteroatoms. The Balaban J connectivity index is 1.42. The molecule has 1 fully saturated rings. The maximum atomic E-state index is 6.09. The molecule has 0 aliphatic heterocycles. The van der Waals surface area contributed by atoms with E-state index in [-0.39, 0.29) is 0 Å². The summed E-state index contributed by atoms with van der Waals surface area (Å²) in [6.45, 7) is 5.70. The van der Waals surface area contributed by atoms with Gasteiger partial charge in [-0.05, 0) is 94.0 Å². The number of aromatic nitrogens is 1. The fourth-order valence-electron chi connectivity index (χ4n) is 5.04. The van der Waals surface area contributed by atoms with E-state index in [1.807, 2.05) is 12.1 Å². The van der Waals surface area contributed by atoms with Crippen molar-refractivity contribution in [3.8, 4) is 0 Å². The second-order valence-electron chi connectivity index (χ2n) is 10.1. The lowest BCUT2D eigenvalue weighted by molar-refractivity contribution is 0.185. The Morgan fingerprint density at radius 2 is 1.72 bits per heavy atom. The molecule has 1 aliphatic rings. The van der Waals surface area contributed by atoms with Crippen molar-refractivity contribution in [3.05, 3.63) is 88.7 Å². The summed E-state index contributed by atoms with van der Waals surface area (Å²) in [6.07, 6.45) is 10.0. The number of thiocarbonyl (C=S) groups is 1. The van der Waals surface area contributed by atoms with Crippen LogP contribution in [0.25, 0.3) is 0 Å². The van der Waals surface area contributed by atoms with Crippen LogP contribution in [0.1, 0.15) is 55.3 Å². The topological polar surface area (TPSA) is 23.4 Å². The van der Waals surface area contributed by atoms with E-state index in [2.05, 4.69) is 88.4 Å². The van der Waals surface area contributed by atoms with E-state index >= 15 is 0 Å². The van der Waals surface area contributed by atoms with Crippen molar-refractivity contribution in [2.24, 2.45) is 0 Å². The Bertz CT molecular complexity index is 1090. The third kappa shape index (κ3) is 7.83. The smallest absolute Gasteiger partial charge is 0.173 e. The molecule has 1 saturated carbocycles. The van der Waals surface area contributed by atoms with Crippen LogP contribution in [0, 0.1) is 6.92 Å². The van der Waals surface area contributed by atoms with Gasteiger partial charge in [-0.1, -0.05) is 60.7 Å². The van der Waals surface area contributed by atoms with Crippen LogP contribution in [0.2, 0.25) is 5.02 Å². The van der Waals surface area contributed by atoms with Gasteiger partial charge in [0.05, 0.1) is 6.54 Å². The monoisotopic (exact) mass is 522 g/mol. The first kappa shape index (κ1) is 26.7. The SMILES string of the molecule is Cc1ccc(NC(=S)N(CCCN(C)C2CCCCC2)Cc2cccn2Cc2ccc(Cl)cc2)cc1. The molecule has 4 nitrogen and oxygen atoms in total. The average molecular weight is 523 g/mol. The minimum absolute atomic E-state index is 0.737. The first-order valence-corrected chi connectivity index (χ1v) is 14.0. The van der Waals surface area contributed by atoms with Gasteiger partial charge in [0.25, 0.3) is 0 Å². The molecule has 1 aliphatic carbocycles. The zero-order valence-corrected chi connectivity index (χ0v) is 23.2. The first-order valence-electron chi connectivity index (χ1n) is 13.2. The van der Waals surface area contributed by atoms with Gasteiger partial charge in [0, 0.05) is 41.7 Å². The number of benzene rings is 2. The molecule has 4 rings (SSSR count). The van der Waals surface area contributed by atoms with Crippen molar-refractivity contribution in [1.29, 1.82) is 0 Å². The van der Waals surface area contributed by atoms with Crippen LogP contribution in [0.5, 0.6) is 0 Å². The average Bonchev–Trinajstić information content (AvgIpc) is 3.33. The number of anilines is 1. The number of nitrogens with one attached hydrogen (secondary N) is 1. The van der Waals surface area contributed by atoms with Gasteiger partial charge in [0.2, 0.25) is 0 Å². The molecule has 36 heavy (non-hydrogen) atoms. The number of rotatable bonds is 10. The van der Waals surface area contributed by atoms with Crippen molar-refractivity contribution in [2.75, 3.05) is 25.5 Å². The van der Waals surface area contributed by atoms with Gasteiger partial charge in [-0.25, -0.2) is 0 Å². The van der Waals surface area contributed by atoms with E-state index in [1.165, 1.54) is 48.9 Å². The Morgan fingerprint density at radius 1 is 1.00 bits per heavy atom. The van der Waals surface area contributed by atoms with Crippen LogP contribution in [-0.2, 0) is 13.1 Å². The summed E-state index contributed by atoms with van der Waals surface area (Å²) in [5.74, 6) is 0. The number of nitrogens with zero attached hydrogens (tertiary/aromatic N) is 3. The van der Waals surface area contributed by atoms with Gasteiger partial charge in [-0.3, -0.25) is 0 Å². The summed E-state index contributed by atoms with van der Waals surface area (Å²) >= 11 is 12.0. The molecule has 0 unspecified atom stereocenters. The normalized spacial score (nSPS) is 14.2. The van der Waals surface area contributed by atoms with Gasteiger partial charge in [-0.15, -0.1) is 0 Å². The second-order valence-corrected chi connectivity index (χ2v) is 10.9. The third-order valence-electron chi connectivity index (χ3n) is 7.27. The summed E-state index contributed by atoms with van der Waals surface area (Å²) in [6, 6.07) is 21.6. The molecule has 192 valence electrons. The molecule has 1 N–H and O–H groups in total. The van der Waals surface area contributed by atoms with Crippen molar-refractivity contribution in [1.82, 2.24) is 14.4 Å². The lowest BCUT2D eigenvalue weighted by Crippen LogP contribution is -2.39. The molecule has 1 aromatic heterocycles. The minimum Gasteiger partial charge on any atom is -0.345 e. The summed E-state index contributed by atoms with van der Waals surface area (Å²) < 4.78 is 2.30. The molecule has 0 amide bonds. The van der Waals surface area contributed by atoms with Crippen LogP contribution >= 0.6 is 23.8 Å². The highest BCUT2D eigenvalue weighted by molar-refractivity contribution is 7.80. The van der Waals surface area contributed by atoms with Crippen molar-refractivity contribution in [3.63, 3.8) is 0 Å². The van der Waals surface area contributed by atoms with Crippen LogP contribution in [0.3, 0.4) is 0 Å². The summed E-state index contributed by atoms with van der Waals surface area (Å²) in [5, 5.41) is 5.02. The van der Waals surface area contributed by atoms with E-state index in [0.29, 0.717) is 0 Å². The van der Waals surface area contributed by atoms with Crippen molar-refractivity contribution >= 4 is 34.6 Å². The van der Waals surface area contributed by atoms with Gasteiger partial charge < -0.3 is 19.7 Å². The molecule has 0 spiro atoms. The van der Waals surface area contributed by atoms with Gasteiger partial charge in [0.1, 0.15) is 0 Å². The predicted octanol–water partition coefficient (Wildman–Crippen LogP) is 7.35. The zero-order valence-electron chi connectivity index (χ0n) is 21.6. The zero-order chi connectivity index (χ0) is 25.3. The molecule has 3 aromatic rings. The maximum absolute atomic E-state index is 6.09. The molecule has 0 radical (unpaired) electrons. The molecule has 0 saturated heterocycles. The Morgan fingerprint density at radius 3 is 2.44 bits per heavy atom. The molecule has 1 heterocycles. The molecule has 0 atom stereocenters. The fourth-order valence-corrected chi connectivity index (χ4v) is 5.44. The summed E-state index contributed by atoms with van der Waals surface area (Å²) in [5.41, 5.74) is 4.76. The van der Waals surface area contributed by atoms with Gasteiger partial charge in [0.15, 0.2) is 5.11 Å². The maximum Gasteiger partial charge on any atom is 0.173 e. The Labute approximate surface area is 227 Å². The lowest BCUT2D eigenvalue weighted by atomic mass is 9.94. The molecular formula is C30H39ClN4S. The summed E-state index contributed by atoms with van der Waals surface area (Å²) in [4.78, 5) is 4.88. The highest BCUT2D eigenvalue weighted by atomic mass is 35.5. The lowest BCUT2D eigenvalue weighted by Gasteiger charge is -2.32. The van der Waals surface area contributed by atoms with E-state index in [4.69, 9.17) is 23.8 Å². The van der Waals surface area contributed by atoms with E-state index in [1.54, 1.807) is 0 Å². The van der Waals surface area contributed by atoms with E-state index < -0.39 is 0 Å². The summed E-state index contributed by atoms with van der Waals surface area (Å²) in [7, 11) is 2.29. The van der Waals surface area contributed by atoms with Crippen LogP contribution in [0.15, 0.2) is 66.9 Å². The molecule has 0 bridgehead atoms. The van der Waals surface area contributed by atoms with Crippen molar-refractivity contribution in [2.45, 2.75) is 64.6 Å². The number of hydrogen-bond donors (Lipinski definition) is 1. The van der Waals surface area contributed by atoms with Gasteiger partial charge in [-0.2, -0.15) is 0 Å². The second kappa shape index (κ2) is 13.3. The predicted molar refractivity (Wildman–Crippen MR) is 157 cm³/mol. The highest BCUT2D eigenvalue weighted by Crippen LogP contribution is 2.22. The van der Waals surface area contributed by atoms with Gasteiger partial charge >= 0.3 is 0 Å². The Kier molecular flexibility index (Phi) is 9.85. The first-order chi connectivity index (χ1) is 17.5. The van der Waals surface area contributed by atoms with Crippen LogP contribution in [0.4, 0.5) is 5.69 Å². The van der Waals surface area contributed by atoms with E-state index in [0.717, 1.165) is 54.5 Å². The molecular weight excluding hydrogens is 484 g/mol. The standard InChI is InChI=1S/C30H39ClN4S/c1-24-11-17-27(18-12-24)32-30(36)35(21-7-19-33(2)28-8-4-3-5-9-28)23-29-10-6-20-34(29)22-25-13-15-26(31)16-14-25/h6,10-18,20,28H,3-5,7-9,19,21-23H2,1-2H3,(H,32,36).